The van der Waals surface area contributed by atoms with E-state index in [4.69, 9.17) is 0 Å². The number of hydrogen-bond acceptors (Lipinski definition) is 4. The van der Waals surface area contributed by atoms with Gasteiger partial charge in [0.25, 0.3) is 0 Å². The third-order valence-corrected chi connectivity index (χ3v) is 7.90. The molecule has 0 bridgehead atoms. The first-order chi connectivity index (χ1) is 13.0. The van der Waals surface area contributed by atoms with Crippen molar-refractivity contribution < 1.29 is 8.42 Å². The number of rotatable bonds is 4. The maximum Gasteiger partial charge on any atom is 0.213 e. The average Bonchev–Trinajstić information content (AvgIpc) is 3.24. The summed E-state index contributed by atoms with van der Waals surface area (Å²) in [5.41, 5.74) is 6.88. The molecule has 7 heteroatoms. The summed E-state index contributed by atoms with van der Waals surface area (Å²) in [5, 5.41) is 9.37. The lowest BCUT2D eigenvalue weighted by atomic mass is 9.87. The van der Waals surface area contributed by atoms with Crippen molar-refractivity contribution in [3.63, 3.8) is 0 Å². The van der Waals surface area contributed by atoms with E-state index in [-0.39, 0.29) is 5.75 Å². The first-order valence-electron chi connectivity index (χ1n) is 9.21. The molecule has 0 unspecified atom stereocenters. The molecule has 0 N–H and O–H groups in total. The first kappa shape index (κ1) is 16.7. The van der Waals surface area contributed by atoms with E-state index >= 15 is 0 Å². The van der Waals surface area contributed by atoms with Crippen molar-refractivity contribution in [1.82, 2.24) is 13.9 Å². The highest BCUT2D eigenvalue weighted by Gasteiger charge is 2.49. The van der Waals surface area contributed by atoms with E-state index in [0.29, 0.717) is 19.5 Å². The van der Waals surface area contributed by atoms with Gasteiger partial charge in [0.05, 0.1) is 29.5 Å². The van der Waals surface area contributed by atoms with Crippen molar-refractivity contribution in [2.24, 2.45) is 0 Å². The van der Waals surface area contributed by atoms with E-state index in [2.05, 4.69) is 40.2 Å². The van der Waals surface area contributed by atoms with Gasteiger partial charge in [-0.05, 0) is 36.1 Å². The van der Waals surface area contributed by atoms with Crippen LogP contribution in [0, 0.1) is 11.3 Å². The highest BCUT2D eigenvalue weighted by Crippen LogP contribution is 2.45. The van der Waals surface area contributed by atoms with Gasteiger partial charge in [-0.2, -0.15) is 9.57 Å². The Kier molecular flexibility index (Phi) is 3.43. The topological polar surface area (TPSA) is 79.0 Å². The largest absolute Gasteiger partial charge is 0.344 e. The molecule has 2 aliphatic carbocycles. The van der Waals surface area contributed by atoms with Gasteiger partial charge in [-0.1, -0.05) is 6.08 Å². The summed E-state index contributed by atoms with van der Waals surface area (Å²) >= 11 is 0. The molecule has 138 valence electrons. The zero-order valence-electron chi connectivity index (χ0n) is 15.1. The quantitative estimate of drug-likeness (QED) is 0.815. The number of sulfonamides is 1. The Labute approximate surface area is 158 Å². The lowest BCUT2D eigenvalue weighted by Gasteiger charge is -2.49. The van der Waals surface area contributed by atoms with Crippen LogP contribution in [0.2, 0.25) is 0 Å². The van der Waals surface area contributed by atoms with Gasteiger partial charge in [0, 0.05) is 49.2 Å². The van der Waals surface area contributed by atoms with E-state index in [1.54, 1.807) is 6.92 Å². The second-order valence-corrected chi connectivity index (χ2v) is 9.88. The van der Waals surface area contributed by atoms with Crippen molar-refractivity contribution in [1.29, 1.82) is 5.26 Å². The highest BCUT2D eigenvalue weighted by molar-refractivity contribution is 7.89. The zero-order valence-corrected chi connectivity index (χ0v) is 16.0. The molecule has 1 saturated heterocycles. The van der Waals surface area contributed by atoms with E-state index < -0.39 is 15.6 Å². The molecule has 0 radical (unpaired) electrons. The monoisotopic (exact) mass is 380 g/mol. The lowest BCUT2D eigenvalue weighted by molar-refractivity contribution is 0.0850. The molecule has 1 fully saturated rings. The van der Waals surface area contributed by atoms with Crippen LogP contribution in [0.25, 0.3) is 16.7 Å². The second kappa shape index (κ2) is 5.54. The van der Waals surface area contributed by atoms with Crippen LogP contribution in [0.1, 0.15) is 30.2 Å². The predicted octanol–water partition coefficient (Wildman–Crippen LogP) is 2.32. The average molecular weight is 380 g/mol. The Morgan fingerprint density at radius 3 is 2.85 bits per heavy atom. The van der Waals surface area contributed by atoms with Crippen LogP contribution in [0.4, 0.5) is 0 Å². The van der Waals surface area contributed by atoms with Crippen LogP contribution < -0.4 is 0 Å². The summed E-state index contributed by atoms with van der Waals surface area (Å²) in [5.74, 6) is 0.0924. The highest BCUT2D eigenvalue weighted by atomic mass is 32.2. The number of hydrogen-bond donors (Lipinski definition) is 0. The molecule has 0 spiro atoms. The summed E-state index contributed by atoms with van der Waals surface area (Å²) in [6, 6.07) is 4.33. The fourth-order valence-corrected chi connectivity index (χ4v) is 5.83. The second-order valence-electron chi connectivity index (χ2n) is 7.62. The van der Waals surface area contributed by atoms with Crippen molar-refractivity contribution in [2.45, 2.75) is 31.7 Å². The van der Waals surface area contributed by atoms with Crippen LogP contribution in [0.5, 0.6) is 0 Å². The Bertz CT molecular complexity index is 1130. The molecular weight excluding hydrogens is 360 g/mol. The Hall–Kier alpha value is -2.43. The molecule has 2 aromatic heterocycles. The molecule has 0 aromatic carbocycles. The number of fused-ring (bicyclic) bond motifs is 2. The number of nitrogens with zero attached hydrogens (tertiary/aromatic N) is 4. The molecule has 27 heavy (non-hydrogen) atoms. The fraction of sp³-hybridized carbons (Fsp3) is 0.400. The van der Waals surface area contributed by atoms with Gasteiger partial charge in [0.15, 0.2) is 0 Å². The van der Waals surface area contributed by atoms with E-state index in [1.807, 2.05) is 6.20 Å². The Morgan fingerprint density at radius 1 is 1.30 bits per heavy atom. The SMILES string of the molecule is CCS(=O)(=O)N1CC(CC#N)(n2cc3c(c2)-c2ccnc4c2C(=CC4)C3)C1. The third-order valence-electron chi connectivity index (χ3n) is 6.13. The normalized spacial score (nSPS) is 19.6. The van der Waals surface area contributed by atoms with Crippen LogP contribution >= 0.6 is 0 Å². The summed E-state index contributed by atoms with van der Waals surface area (Å²) < 4.78 is 27.9. The van der Waals surface area contributed by atoms with E-state index in [0.717, 1.165) is 18.5 Å². The van der Waals surface area contributed by atoms with Crippen molar-refractivity contribution in [2.75, 3.05) is 18.8 Å². The summed E-state index contributed by atoms with van der Waals surface area (Å²) in [4.78, 5) is 4.51. The Morgan fingerprint density at radius 2 is 2.11 bits per heavy atom. The fourth-order valence-electron chi connectivity index (χ4n) is 4.59. The standard InChI is InChI=1S/C20H20N4O2S/c1-2-27(25,26)24-12-20(13-24,6-7-21)23-10-15-9-14-3-4-18-19(14)16(5-8-22-18)17(15)11-23/h3,5,8,10-11H,2,4,6,9,12-13H2,1H3. The van der Waals surface area contributed by atoms with Gasteiger partial charge >= 0.3 is 0 Å². The van der Waals surface area contributed by atoms with Crippen molar-refractivity contribution in [3.05, 3.63) is 47.6 Å². The number of nitriles is 1. The van der Waals surface area contributed by atoms with Crippen LogP contribution in [-0.2, 0) is 28.4 Å². The van der Waals surface area contributed by atoms with Gasteiger partial charge in [-0.15, -0.1) is 0 Å². The van der Waals surface area contributed by atoms with Gasteiger partial charge in [-0.25, -0.2) is 8.42 Å². The van der Waals surface area contributed by atoms with Gasteiger partial charge in [0.2, 0.25) is 10.0 Å². The minimum Gasteiger partial charge on any atom is -0.344 e. The number of pyridine rings is 1. The van der Waals surface area contributed by atoms with Gasteiger partial charge in [0.1, 0.15) is 0 Å². The molecule has 0 saturated carbocycles. The summed E-state index contributed by atoms with van der Waals surface area (Å²) in [7, 11) is -3.22. The van der Waals surface area contributed by atoms with Crippen molar-refractivity contribution in [3.8, 4) is 17.2 Å². The van der Waals surface area contributed by atoms with Gasteiger partial charge in [-0.3, -0.25) is 4.98 Å². The van der Waals surface area contributed by atoms with Gasteiger partial charge < -0.3 is 4.57 Å². The summed E-state index contributed by atoms with van der Waals surface area (Å²) in [6.45, 7) is 2.38. The lowest BCUT2D eigenvalue weighted by Crippen LogP contribution is -2.63. The molecule has 6 nitrogen and oxygen atoms in total. The molecule has 1 aliphatic heterocycles. The minimum atomic E-state index is -3.22. The maximum absolute atomic E-state index is 12.2. The Balaban J connectivity index is 1.56. The predicted molar refractivity (Wildman–Crippen MR) is 102 cm³/mol. The molecule has 0 amide bonds. The molecule has 5 rings (SSSR count). The number of aromatic nitrogens is 2. The molecule has 3 heterocycles. The summed E-state index contributed by atoms with van der Waals surface area (Å²) in [6.07, 6.45) is 10.4. The van der Waals surface area contributed by atoms with Crippen LogP contribution in [0.3, 0.4) is 0 Å². The smallest absolute Gasteiger partial charge is 0.213 e. The number of allylic oxidation sites excluding steroid dienone is 2. The molecule has 2 aromatic rings. The molecule has 3 aliphatic rings. The zero-order chi connectivity index (χ0) is 18.8. The van der Waals surface area contributed by atoms with E-state index in [9.17, 15) is 13.7 Å². The third kappa shape index (κ3) is 2.27. The molecular formula is C20H20N4O2S. The maximum atomic E-state index is 12.2. The molecule has 0 atom stereocenters. The van der Waals surface area contributed by atoms with Crippen LogP contribution in [-0.4, -0.2) is 41.1 Å². The minimum absolute atomic E-state index is 0.0924. The van der Waals surface area contributed by atoms with Crippen LogP contribution in [0.15, 0.2) is 30.7 Å². The van der Waals surface area contributed by atoms with E-state index in [1.165, 1.54) is 32.1 Å². The first-order valence-corrected chi connectivity index (χ1v) is 10.8. The van der Waals surface area contributed by atoms with Crippen molar-refractivity contribution >= 4 is 15.6 Å².